The number of fused-ring (bicyclic) bond motifs is 1. The number of amides is 1. The van der Waals surface area contributed by atoms with Crippen LogP contribution in [0.3, 0.4) is 0 Å². The molecule has 1 amide bonds. The predicted molar refractivity (Wildman–Crippen MR) is 107 cm³/mol. The molecule has 26 heavy (non-hydrogen) atoms. The number of nitrogens with zero attached hydrogens (tertiary/aromatic N) is 2. The summed E-state index contributed by atoms with van der Waals surface area (Å²) in [5, 5.41) is 11.8. The molecular formula is C20H21N5O. The monoisotopic (exact) mass is 347 g/mol. The van der Waals surface area contributed by atoms with E-state index in [-0.39, 0.29) is 5.91 Å². The molecule has 0 atom stereocenters. The van der Waals surface area contributed by atoms with Crippen LogP contribution in [-0.2, 0) is 0 Å². The smallest absolute Gasteiger partial charge is 0.272 e. The van der Waals surface area contributed by atoms with Crippen molar-refractivity contribution in [1.29, 1.82) is 0 Å². The Labute approximate surface area is 151 Å². The highest BCUT2D eigenvalue weighted by Gasteiger charge is 2.10. The lowest BCUT2D eigenvalue weighted by molar-refractivity contribution is 0.102. The predicted octanol–water partition coefficient (Wildman–Crippen LogP) is 3.83. The molecule has 3 aromatic rings. The molecule has 0 aliphatic carbocycles. The minimum atomic E-state index is -0.180. The molecule has 2 aromatic carbocycles. The first kappa shape index (κ1) is 17.4. The number of nitrogens with one attached hydrogen (secondary N) is 2. The van der Waals surface area contributed by atoms with E-state index in [2.05, 4.69) is 20.5 Å². The van der Waals surface area contributed by atoms with E-state index in [0.29, 0.717) is 17.2 Å². The average Bonchev–Trinajstić information content (AvgIpc) is 3.03. The topological polar surface area (TPSA) is 95.6 Å². The molecule has 0 saturated carbocycles. The molecule has 0 unspecified atom stereocenters. The quantitative estimate of drug-likeness (QED) is 0.380. The van der Waals surface area contributed by atoms with E-state index in [1.54, 1.807) is 6.92 Å². The molecule has 0 aliphatic heterocycles. The van der Waals surface area contributed by atoms with Gasteiger partial charge in [0, 0.05) is 16.6 Å². The maximum atomic E-state index is 12.5. The van der Waals surface area contributed by atoms with Crippen molar-refractivity contribution in [2.24, 2.45) is 15.9 Å². The van der Waals surface area contributed by atoms with E-state index in [1.807, 2.05) is 62.4 Å². The number of carbonyl (C=O) groups excluding carboxylic acids is 1. The maximum absolute atomic E-state index is 12.5. The van der Waals surface area contributed by atoms with Gasteiger partial charge in [-0.3, -0.25) is 4.79 Å². The number of hydrogen-bond donors (Lipinski definition) is 3. The van der Waals surface area contributed by atoms with E-state index in [9.17, 15) is 4.79 Å². The second-order valence-electron chi connectivity index (χ2n) is 6.23. The van der Waals surface area contributed by atoms with Crippen LogP contribution in [0.4, 0.5) is 5.69 Å². The molecular weight excluding hydrogens is 326 g/mol. The Kier molecular flexibility index (Phi) is 4.84. The molecule has 0 radical (unpaired) electrons. The van der Waals surface area contributed by atoms with Gasteiger partial charge >= 0.3 is 0 Å². The molecule has 0 bridgehead atoms. The van der Waals surface area contributed by atoms with Crippen LogP contribution in [0, 0.1) is 6.92 Å². The summed E-state index contributed by atoms with van der Waals surface area (Å²) in [4.78, 5) is 15.6. The van der Waals surface area contributed by atoms with E-state index < -0.39 is 0 Å². The molecule has 1 aromatic heterocycles. The minimum absolute atomic E-state index is 0.180. The fraction of sp³-hybridized carbons (Fsp3) is 0.150. The summed E-state index contributed by atoms with van der Waals surface area (Å²) in [6, 6.07) is 15.3. The molecule has 3 rings (SSSR count). The number of aryl methyl sites for hydroxylation is 1. The molecule has 0 fully saturated rings. The van der Waals surface area contributed by atoms with Crippen molar-refractivity contribution >= 4 is 34.0 Å². The van der Waals surface area contributed by atoms with Crippen molar-refractivity contribution < 1.29 is 4.79 Å². The Hall–Kier alpha value is -3.41. The van der Waals surface area contributed by atoms with Crippen molar-refractivity contribution in [2.75, 3.05) is 5.32 Å². The number of amidine groups is 1. The second kappa shape index (κ2) is 7.23. The van der Waals surface area contributed by atoms with E-state index in [4.69, 9.17) is 5.73 Å². The van der Waals surface area contributed by atoms with Gasteiger partial charge in [0.2, 0.25) is 0 Å². The molecule has 6 nitrogen and oxygen atoms in total. The van der Waals surface area contributed by atoms with Gasteiger partial charge in [-0.1, -0.05) is 23.8 Å². The molecule has 1 heterocycles. The van der Waals surface area contributed by atoms with Gasteiger partial charge < -0.3 is 16.0 Å². The van der Waals surface area contributed by atoms with E-state index in [0.717, 1.165) is 27.7 Å². The highest BCUT2D eigenvalue weighted by atomic mass is 16.1. The Morgan fingerprint density at radius 3 is 2.46 bits per heavy atom. The zero-order chi connectivity index (χ0) is 18.7. The van der Waals surface area contributed by atoms with Gasteiger partial charge in [0.1, 0.15) is 11.5 Å². The fourth-order valence-electron chi connectivity index (χ4n) is 2.58. The zero-order valence-corrected chi connectivity index (χ0v) is 15.0. The van der Waals surface area contributed by atoms with Crippen LogP contribution >= 0.6 is 0 Å². The van der Waals surface area contributed by atoms with E-state index >= 15 is 0 Å². The Balaban J connectivity index is 1.74. The Bertz CT molecular complexity index is 1010. The molecule has 6 heteroatoms. The first-order valence-electron chi connectivity index (χ1n) is 8.28. The van der Waals surface area contributed by atoms with Gasteiger partial charge in [0.15, 0.2) is 0 Å². The largest absolute Gasteiger partial charge is 0.386 e. The maximum Gasteiger partial charge on any atom is 0.272 e. The highest BCUT2D eigenvalue weighted by Crippen LogP contribution is 2.18. The number of benzene rings is 2. The molecule has 132 valence electrons. The van der Waals surface area contributed by atoms with Crippen LogP contribution in [0.1, 0.15) is 35.5 Å². The van der Waals surface area contributed by atoms with Crippen molar-refractivity contribution in [3.8, 4) is 0 Å². The van der Waals surface area contributed by atoms with Gasteiger partial charge in [-0.05, 0) is 56.7 Å². The van der Waals surface area contributed by atoms with Crippen LogP contribution in [0.15, 0.2) is 58.7 Å². The summed E-state index contributed by atoms with van der Waals surface area (Å²) < 4.78 is 0. The number of rotatable bonds is 4. The van der Waals surface area contributed by atoms with Crippen molar-refractivity contribution in [1.82, 2.24) is 4.98 Å². The summed E-state index contributed by atoms with van der Waals surface area (Å²) in [6.45, 7) is 5.56. The van der Waals surface area contributed by atoms with Crippen LogP contribution in [0.5, 0.6) is 0 Å². The minimum Gasteiger partial charge on any atom is -0.386 e. The fourth-order valence-corrected chi connectivity index (χ4v) is 2.58. The summed E-state index contributed by atoms with van der Waals surface area (Å²) in [5.41, 5.74) is 10.5. The van der Waals surface area contributed by atoms with E-state index in [1.165, 1.54) is 0 Å². The van der Waals surface area contributed by atoms with Crippen molar-refractivity contribution in [2.45, 2.75) is 20.8 Å². The Morgan fingerprint density at radius 1 is 1.04 bits per heavy atom. The summed E-state index contributed by atoms with van der Waals surface area (Å²) in [7, 11) is 0. The van der Waals surface area contributed by atoms with Crippen LogP contribution in [-0.4, -0.2) is 22.4 Å². The lowest BCUT2D eigenvalue weighted by atomic mass is 10.1. The Morgan fingerprint density at radius 2 is 1.77 bits per heavy atom. The van der Waals surface area contributed by atoms with Crippen LogP contribution in [0.25, 0.3) is 10.9 Å². The standard InChI is InChI=1S/C20H21N5O/c1-12-4-9-18-16(10-12)11-19(23-18)20(26)22-17-7-5-15(6-8-17)13(2)24-25-14(3)21/h4-11,23H,1-3H3,(H2,21,25)(H,22,26)/b24-13-. The number of aromatic nitrogens is 1. The summed E-state index contributed by atoms with van der Waals surface area (Å²) >= 11 is 0. The van der Waals surface area contributed by atoms with Gasteiger partial charge in [-0.15, -0.1) is 5.10 Å². The number of hydrogen-bond acceptors (Lipinski definition) is 3. The van der Waals surface area contributed by atoms with Gasteiger partial charge in [-0.2, -0.15) is 5.10 Å². The SMILES string of the molecule is CC(N)=N/N=C(/C)c1ccc(NC(=O)c2cc3cc(C)ccc3[nH]2)cc1. The molecule has 4 N–H and O–H groups in total. The summed E-state index contributed by atoms with van der Waals surface area (Å²) in [6.07, 6.45) is 0. The third-order valence-electron chi connectivity index (χ3n) is 3.94. The second-order valence-corrected chi connectivity index (χ2v) is 6.23. The number of anilines is 1. The summed E-state index contributed by atoms with van der Waals surface area (Å²) in [5.74, 6) is 0.224. The molecule has 0 spiro atoms. The van der Waals surface area contributed by atoms with Crippen LogP contribution < -0.4 is 11.1 Å². The molecule has 0 saturated heterocycles. The van der Waals surface area contributed by atoms with Crippen molar-refractivity contribution in [3.63, 3.8) is 0 Å². The first-order chi connectivity index (χ1) is 12.4. The normalized spacial score (nSPS) is 12.4. The third-order valence-corrected chi connectivity index (χ3v) is 3.94. The van der Waals surface area contributed by atoms with Gasteiger partial charge in [-0.25, -0.2) is 0 Å². The number of aromatic amines is 1. The van der Waals surface area contributed by atoms with Crippen molar-refractivity contribution in [3.05, 3.63) is 65.4 Å². The lowest BCUT2D eigenvalue weighted by Gasteiger charge is -2.05. The number of nitrogens with two attached hydrogens (primary N) is 1. The van der Waals surface area contributed by atoms with Gasteiger partial charge in [0.25, 0.3) is 5.91 Å². The third kappa shape index (κ3) is 3.97. The zero-order valence-electron chi connectivity index (χ0n) is 15.0. The average molecular weight is 347 g/mol. The number of H-pyrrole nitrogens is 1. The number of carbonyl (C=O) groups is 1. The lowest BCUT2D eigenvalue weighted by Crippen LogP contribution is -2.12. The first-order valence-corrected chi connectivity index (χ1v) is 8.28. The van der Waals surface area contributed by atoms with Crippen LogP contribution in [0.2, 0.25) is 0 Å². The highest BCUT2D eigenvalue weighted by molar-refractivity contribution is 6.06. The molecule has 0 aliphatic rings. The van der Waals surface area contributed by atoms with Gasteiger partial charge in [0.05, 0.1) is 5.71 Å².